The van der Waals surface area contributed by atoms with Crippen LogP contribution in [0.25, 0.3) is 0 Å². The van der Waals surface area contributed by atoms with Gasteiger partial charge in [0.2, 0.25) is 15.9 Å². The molecule has 1 saturated heterocycles. The Balaban J connectivity index is 2.80. The second kappa shape index (κ2) is 6.72. The number of hydrogen-bond acceptors (Lipinski definition) is 4. The van der Waals surface area contributed by atoms with Crippen molar-refractivity contribution >= 4 is 15.9 Å². The predicted molar refractivity (Wildman–Crippen MR) is 64.4 cm³/mol. The number of nitrogens with one attached hydrogen (secondary N) is 2. The fourth-order valence-electron chi connectivity index (χ4n) is 1.94. The Morgan fingerprint density at radius 3 is 2.55 bits per heavy atom. The summed E-state index contributed by atoms with van der Waals surface area (Å²) in [5, 5.41) is -0.373. The molecule has 1 aliphatic heterocycles. The molecule has 10 heteroatoms. The maximum absolute atomic E-state index is 12.9. The second-order valence-corrected chi connectivity index (χ2v) is 6.22. The standard InChI is InChI=1S/C10H17F3N2O4S/c1-2-14-8(16)6-15-20(17,18)9(10(11,12)13)7-4-3-5-19-7/h7,9,15H,2-6H2,1H3,(H,14,16)/t7-,9+/m1/s1. The molecule has 0 aliphatic carbocycles. The van der Waals surface area contributed by atoms with E-state index in [-0.39, 0.29) is 19.6 Å². The van der Waals surface area contributed by atoms with Gasteiger partial charge in [0.1, 0.15) is 0 Å². The smallest absolute Gasteiger partial charge is 0.376 e. The highest BCUT2D eigenvalue weighted by Gasteiger charge is 2.54. The number of alkyl halides is 3. The molecule has 1 heterocycles. The summed E-state index contributed by atoms with van der Waals surface area (Å²) < 4.78 is 68.9. The molecule has 20 heavy (non-hydrogen) atoms. The van der Waals surface area contributed by atoms with E-state index >= 15 is 0 Å². The molecule has 0 unspecified atom stereocenters. The zero-order valence-electron chi connectivity index (χ0n) is 10.9. The molecule has 1 fully saturated rings. The first-order chi connectivity index (χ1) is 9.18. The molecular formula is C10H17F3N2O4S. The van der Waals surface area contributed by atoms with E-state index in [2.05, 4.69) is 5.32 Å². The van der Waals surface area contributed by atoms with E-state index in [0.29, 0.717) is 6.42 Å². The Morgan fingerprint density at radius 1 is 1.45 bits per heavy atom. The van der Waals surface area contributed by atoms with Gasteiger partial charge in [0, 0.05) is 13.2 Å². The topological polar surface area (TPSA) is 84.5 Å². The zero-order chi connectivity index (χ0) is 15.4. The highest BCUT2D eigenvalue weighted by atomic mass is 32.2. The summed E-state index contributed by atoms with van der Waals surface area (Å²) in [5.41, 5.74) is 0. The van der Waals surface area contributed by atoms with Crippen molar-refractivity contribution in [1.82, 2.24) is 10.0 Å². The highest BCUT2D eigenvalue weighted by Crippen LogP contribution is 2.33. The van der Waals surface area contributed by atoms with Crippen LogP contribution in [0, 0.1) is 0 Å². The minimum atomic E-state index is -4.96. The number of amides is 1. The average Bonchev–Trinajstić information content (AvgIpc) is 2.78. The molecule has 2 N–H and O–H groups in total. The van der Waals surface area contributed by atoms with Crippen LogP contribution < -0.4 is 10.0 Å². The van der Waals surface area contributed by atoms with Gasteiger partial charge in [0.25, 0.3) is 0 Å². The van der Waals surface area contributed by atoms with Gasteiger partial charge in [0.05, 0.1) is 12.6 Å². The van der Waals surface area contributed by atoms with Crippen molar-refractivity contribution in [2.75, 3.05) is 19.7 Å². The predicted octanol–water partition coefficient (Wildman–Crippen LogP) is 0.152. The molecule has 118 valence electrons. The molecule has 0 aromatic heterocycles. The van der Waals surface area contributed by atoms with E-state index in [4.69, 9.17) is 4.74 Å². The number of rotatable bonds is 6. The first-order valence-electron chi connectivity index (χ1n) is 6.12. The Kier molecular flexibility index (Phi) is 5.78. The van der Waals surface area contributed by atoms with Crippen LogP contribution in [0.15, 0.2) is 0 Å². The van der Waals surface area contributed by atoms with Crippen molar-refractivity contribution in [2.24, 2.45) is 0 Å². The lowest BCUT2D eigenvalue weighted by molar-refractivity contribution is -0.150. The molecule has 1 amide bonds. The number of sulfonamides is 1. The van der Waals surface area contributed by atoms with Crippen LogP contribution in [-0.2, 0) is 19.6 Å². The summed E-state index contributed by atoms with van der Waals surface area (Å²) in [7, 11) is -4.74. The third kappa shape index (κ3) is 4.60. The molecule has 0 spiro atoms. The number of likely N-dealkylation sites (N-methyl/N-ethyl adjacent to an activating group) is 1. The third-order valence-electron chi connectivity index (χ3n) is 2.77. The average molecular weight is 318 g/mol. The lowest BCUT2D eigenvalue weighted by Crippen LogP contribution is -2.52. The van der Waals surface area contributed by atoms with E-state index < -0.39 is 40.0 Å². The quantitative estimate of drug-likeness (QED) is 0.730. The van der Waals surface area contributed by atoms with E-state index in [1.807, 2.05) is 0 Å². The van der Waals surface area contributed by atoms with E-state index in [9.17, 15) is 26.4 Å². The molecule has 1 rings (SSSR count). The van der Waals surface area contributed by atoms with Crippen LogP contribution in [0.3, 0.4) is 0 Å². The molecule has 1 aliphatic rings. The van der Waals surface area contributed by atoms with E-state index in [1.165, 1.54) is 0 Å². The summed E-state index contributed by atoms with van der Waals surface area (Å²) in [4.78, 5) is 11.1. The lowest BCUT2D eigenvalue weighted by Gasteiger charge is -2.25. The van der Waals surface area contributed by atoms with E-state index in [0.717, 1.165) is 0 Å². The molecule has 0 saturated carbocycles. The Labute approximate surface area is 115 Å². The second-order valence-electron chi connectivity index (χ2n) is 4.33. The van der Waals surface area contributed by atoms with Gasteiger partial charge >= 0.3 is 6.18 Å². The number of carbonyl (C=O) groups is 1. The zero-order valence-corrected chi connectivity index (χ0v) is 11.7. The van der Waals surface area contributed by atoms with Crippen LogP contribution in [0.1, 0.15) is 19.8 Å². The van der Waals surface area contributed by atoms with Gasteiger partial charge in [-0.25, -0.2) is 13.1 Å². The summed E-state index contributed by atoms with van der Waals surface area (Å²) in [6.45, 7) is 1.24. The van der Waals surface area contributed by atoms with Gasteiger partial charge in [-0.15, -0.1) is 0 Å². The van der Waals surface area contributed by atoms with Gasteiger partial charge in [-0.3, -0.25) is 4.79 Å². The minimum absolute atomic E-state index is 0.0201. The van der Waals surface area contributed by atoms with Crippen LogP contribution in [-0.4, -0.2) is 51.6 Å². The van der Waals surface area contributed by atoms with Crippen LogP contribution >= 0.6 is 0 Å². The van der Waals surface area contributed by atoms with Crippen molar-refractivity contribution in [3.8, 4) is 0 Å². The fourth-order valence-corrected chi connectivity index (χ4v) is 3.42. The Morgan fingerprint density at radius 2 is 2.10 bits per heavy atom. The first-order valence-corrected chi connectivity index (χ1v) is 7.66. The molecule has 2 atom stereocenters. The summed E-state index contributed by atoms with van der Waals surface area (Å²) in [5.74, 6) is -0.690. The third-order valence-corrected chi connectivity index (χ3v) is 4.55. The number of carbonyl (C=O) groups excluding carboxylic acids is 1. The minimum Gasteiger partial charge on any atom is -0.376 e. The molecular weight excluding hydrogens is 301 g/mol. The van der Waals surface area contributed by atoms with Gasteiger partial charge in [0.15, 0.2) is 5.25 Å². The van der Waals surface area contributed by atoms with Gasteiger partial charge in [-0.1, -0.05) is 0 Å². The number of hydrogen-bond donors (Lipinski definition) is 2. The monoisotopic (exact) mass is 318 g/mol. The summed E-state index contributed by atoms with van der Waals surface area (Å²) >= 11 is 0. The number of ether oxygens (including phenoxy) is 1. The van der Waals surface area contributed by atoms with Crippen molar-refractivity contribution in [3.63, 3.8) is 0 Å². The van der Waals surface area contributed by atoms with Crippen LogP contribution in [0.2, 0.25) is 0 Å². The maximum atomic E-state index is 12.9. The van der Waals surface area contributed by atoms with Gasteiger partial charge in [-0.2, -0.15) is 13.2 Å². The SMILES string of the molecule is CCNC(=O)CNS(=O)(=O)[C@@H]([C@H]1CCCO1)C(F)(F)F. The van der Waals surface area contributed by atoms with Crippen molar-refractivity contribution in [2.45, 2.75) is 37.3 Å². The summed E-state index contributed by atoms with van der Waals surface area (Å²) in [6, 6.07) is 0. The maximum Gasteiger partial charge on any atom is 0.409 e. The number of halogens is 3. The van der Waals surface area contributed by atoms with E-state index in [1.54, 1.807) is 11.6 Å². The lowest BCUT2D eigenvalue weighted by atomic mass is 10.2. The molecule has 0 radical (unpaired) electrons. The Bertz CT molecular complexity index is 432. The van der Waals surface area contributed by atoms with Crippen LogP contribution in [0.5, 0.6) is 0 Å². The Hall–Kier alpha value is -0.870. The van der Waals surface area contributed by atoms with Crippen molar-refractivity contribution in [3.05, 3.63) is 0 Å². The summed E-state index contributed by atoms with van der Waals surface area (Å²) in [6.07, 6.45) is -5.99. The van der Waals surface area contributed by atoms with Gasteiger partial charge in [-0.05, 0) is 19.8 Å². The normalized spacial score (nSPS) is 21.7. The molecule has 0 aromatic rings. The molecule has 0 bridgehead atoms. The molecule has 0 aromatic carbocycles. The largest absolute Gasteiger partial charge is 0.409 e. The van der Waals surface area contributed by atoms with Gasteiger partial charge < -0.3 is 10.1 Å². The van der Waals surface area contributed by atoms with Crippen molar-refractivity contribution in [1.29, 1.82) is 0 Å². The molecule has 6 nitrogen and oxygen atoms in total. The highest BCUT2D eigenvalue weighted by molar-refractivity contribution is 7.90. The van der Waals surface area contributed by atoms with Crippen LogP contribution in [0.4, 0.5) is 13.2 Å². The van der Waals surface area contributed by atoms with Crippen molar-refractivity contribution < 1.29 is 31.1 Å². The first kappa shape index (κ1) is 17.2. The fraction of sp³-hybridized carbons (Fsp3) is 0.900.